The van der Waals surface area contributed by atoms with Crippen LogP contribution >= 0.6 is 0 Å². The minimum absolute atomic E-state index is 0.343. The van der Waals surface area contributed by atoms with Gasteiger partial charge in [-0.25, -0.2) is 0 Å². The molecule has 0 saturated heterocycles. The molecule has 2 N–H and O–H groups in total. The summed E-state index contributed by atoms with van der Waals surface area (Å²) in [5.41, 5.74) is 11.1. The first-order valence-electron chi connectivity index (χ1n) is 5.86. The molecule has 2 aromatic heterocycles. The van der Waals surface area contributed by atoms with Crippen molar-refractivity contribution in [2.45, 2.75) is 13.8 Å². The van der Waals surface area contributed by atoms with E-state index in [-0.39, 0.29) is 0 Å². The van der Waals surface area contributed by atoms with Gasteiger partial charge in [-0.15, -0.1) is 0 Å². The molecule has 0 amide bonds. The average Bonchev–Trinajstić information content (AvgIpc) is 2.86. The maximum absolute atomic E-state index is 5.62. The molecule has 0 aliphatic rings. The first-order valence-corrected chi connectivity index (χ1v) is 5.86. The van der Waals surface area contributed by atoms with E-state index >= 15 is 0 Å². The van der Waals surface area contributed by atoms with E-state index < -0.39 is 0 Å². The van der Waals surface area contributed by atoms with Gasteiger partial charge in [0.2, 0.25) is 5.88 Å². The molecule has 4 heteroatoms. The summed E-state index contributed by atoms with van der Waals surface area (Å²) in [6.45, 7) is 4.19. The highest BCUT2D eigenvalue weighted by Gasteiger charge is 2.17. The van der Waals surface area contributed by atoms with Gasteiger partial charge in [0.15, 0.2) is 0 Å². The summed E-state index contributed by atoms with van der Waals surface area (Å²) in [5, 5.41) is 5.25. The molecular formula is C14H15N3O. The van der Waals surface area contributed by atoms with Gasteiger partial charge < -0.3 is 14.8 Å². The molecule has 0 unspecified atom stereocenters. The second-order valence-corrected chi connectivity index (χ2v) is 4.60. The summed E-state index contributed by atoms with van der Waals surface area (Å²) in [6, 6.07) is 8.06. The van der Waals surface area contributed by atoms with Crippen LogP contribution in [-0.4, -0.2) is 9.72 Å². The normalized spacial score (nSPS) is 11.3. The summed E-state index contributed by atoms with van der Waals surface area (Å²) in [5.74, 6) is 0.343. The fourth-order valence-electron chi connectivity index (χ4n) is 2.51. The van der Waals surface area contributed by atoms with Crippen LogP contribution in [0.1, 0.15) is 11.3 Å². The predicted molar refractivity (Wildman–Crippen MR) is 72.3 cm³/mol. The van der Waals surface area contributed by atoms with Gasteiger partial charge in [-0.2, -0.15) is 0 Å². The van der Waals surface area contributed by atoms with E-state index in [2.05, 4.69) is 48.8 Å². The van der Waals surface area contributed by atoms with Crippen molar-refractivity contribution in [3.8, 4) is 11.3 Å². The second-order valence-electron chi connectivity index (χ2n) is 4.60. The van der Waals surface area contributed by atoms with Crippen LogP contribution in [0.4, 0.5) is 5.88 Å². The predicted octanol–water partition coefficient (Wildman–Crippen LogP) is 3.03. The number of aryl methyl sites for hydroxylation is 2. The van der Waals surface area contributed by atoms with Gasteiger partial charge in [0.05, 0.1) is 0 Å². The lowest BCUT2D eigenvalue weighted by Gasteiger charge is -1.99. The number of hydrogen-bond donors (Lipinski definition) is 1. The van der Waals surface area contributed by atoms with Gasteiger partial charge in [-0.05, 0) is 25.5 Å². The van der Waals surface area contributed by atoms with Crippen LogP contribution in [-0.2, 0) is 7.05 Å². The van der Waals surface area contributed by atoms with Crippen molar-refractivity contribution in [3.63, 3.8) is 0 Å². The smallest absolute Gasteiger partial charge is 0.222 e. The lowest BCUT2D eigenvalue weighted by atomic mass is 10.0. The van der Waals surface area contributed by atoms with Crippen LogP contribution in [0.25, 0.3) is 22.2 Å². The molecule has 92 valence electrons. The highest BCUT2D eigenvalue weighted by molar-refractivity contribution is 5.99. The Balaban J connectivity index is 2.45. The zero-order valence-electron chi connectivity index (χ0n) is 10.7. The molecule has 0 aliphatic carbocycles. The highest BCUT2D eigenvalue weighted by Crippen LogP contribution is 2.35. The Morgan fingerprint density at radius 1 is 1.28 bits per heavy atom. The van der Waals surface area contributed by atoms with Gasteiger partial charge >= 0.3 is 0 Å². The first-order chi connectivity index (χ1) is 8.59. The number of rotatable bonds is 1. The van der Waals surface area contributed by atoms with E-state index in [0.29, 0.717) is 5.88 Å². The van der Waals surface area contributed by atoms with E-state index in [1.165, 1.54) is 16.5 Å². The van der Waals surface area contributed by atoms with Crippen LogP contribution in [0.2, 0.25) is 0 Å². The Bertz CT molecular complexity index is 737. The fraction of sp³-hybridized carbons (Fsp3) is 0.214. The molecule has 18 heavy (non-hydrogen) atoms. The van der Waals surface area contributed by atoms with Crippen molar-refractivity contribution in [1.29, 1.82) is 0 Å². The van der Waals surface area contributed by atoms with Gasteiger partial charge in [-0.1, -0.05) is 17.3 Å². The van der Waals surface area contributed by atoms with Gasteiger partial charge in [0.25, 0.3) is 0 Å². The van der Waals surface area contributed by atoms with Gasteiger partial charge in [0, 0.05) is 35.3 Å². The van der Waals surface area contributed by atoms with E-state index in [1.807, 2.05) is 0 Å². The molecule has 0 fully saturated rings. The van der Waals surface area contributed by atoms with Gasteiger partial charge in [0.1, 0.15) is 5.69 Å². The number of nitrogen functional groups attached to an aromatic ring is 1. The second kappa shape index (κ2) is 3.63. The fourth-order valence-corrected chi connectivity index (χ4v) is 2.51. The zero-order valence-corrected chi connectivity index (χ0v) is 10.7. The van der Waals surface area contributed by atoms with Crippen molar-refractivity contribution in [1.82, 2.24) is 9.72 Å². The summed E-state index contributed by atoms with van der Waals surface area (Å²) < 4.78 is 7.16. The number of nitrogens with zero attached hydrogens (tertiary/aromatic N) is 2. The summed E-state index contributed by atoms with van der Waals surface area (Å²) in [6.07, 6.45) is 0. The Hall–Kier alpha value is -2.23. The molecule has 0 aliphatic heterocycles. The topological polar surface area (TPSA) is 57.0 Å². The lowest BCUT2D eigenvalue weighted by molar-refractivity contribution is 0.439. The standard InChI is InChI=1S/C14H15N3O/c1-8-5-4-6-11-13(8)14(9(2)17(11)3)10-7-12(15)18-16-10/h4-7H,15H2,1-3H3. The van der Waals surface area contributed by atoms with Crippen LogP contribution in [0.3, 0.4) is 0 Å². The van der Waals surface area contributed by atoms with E-state index in [4.69, 9.17) is 10.3 Å². The maximum Gasteiger partial charge on any atom is 0.222 e. The number of benzene rings is 1. The van der Waals surface area contributed by atoms with Crippen LogP contribution in [0, 0.1) is 13.8 Å². The summed E-state index contributed by atoms with van der Waals surface area (Å²) in [4.78, 5) is 0. The number of nitrogens with two attached hydrogens (primary N) is 1. The molecule has 0 saturated carbocycles. The molecule has 0 spiro atoms. The molecule has 0 radical (unpaired) electrons. The minimum atomic E-state index is 0.343. The maximum atomic E-state index is 5.62. The Morgan fingerprint density at radius 2 is 2.06 bits per heavy atom. The average molecular weight is 241 g/mol. The number of fused-ring (bicyclic) bond motifs is 1. The Morgan fingerprint density at radius 3 is 2.72 bits per heavy atom. The number of hydrogen-bond acceptors (Lipinski definition) is 3. The monoisotopic (exact) mass is 241 g/mol. The Kier molecular flexibility index (Phi) is 2.20. The van der Waals surface area contributed by atoms with Gasteiger partial charge in [-0.3, -0.25) is 0 Å². The largest absolute Gasteiger partial charge is 0.368 e. The molecule has 4 nitrogen and oxygen atoms in total. The van der Waals surface area contributed by atoms with Crippen molar-refractivity contribution in [2.24, 2.45) is 7.05 Å². The zero-order chi connectivity index (χ0) is 12.9. The van der Waals surface area contributed by atoms with Crippen molar-refractivity contribution < 1.29 is 4.52 Å². The number of aromatic nitrogens is 2. The molecule has 0 bridgehead atoms. The van der Waals surface area contributed by atoms with Crippen molar-refractivity contribution >= 4 is 16.8 Å². The Labute approximate surface area is 105 Å². The third-order valence-electron chi connectivity index (χ3n) is 3.51. The molecule has 3 rings (SSSR count). The van der Waals surface area contributed by atoms with Crippen LogP contribution < -0.4 is 5.73 Å². The SMILES string of the molecule is Cc1cccc2c1c(-c1cc(N)on1)c(C)n2C. The third-order valence-corrected chi connectivity index (χ3v) is 3.51. The molecule has 2 heterocycles. The first kappa shape index (κ1) is 10.9. The molecule has 3 aromatic rings. The van der Waals surface area contributed by atoms with Crippen LogP contribution in [0.5, 0.6) is 0 Å². The lowest BCUT2D eigenvalue weighted by Crippen LogP contribution is -1.90. The third kappa shape index (κ3) is 1.35. The molecule has 1 aromatic carbocycles. The van der Waals surface area contributed by atoms with Crippen molar-refractivity contribution in [2.75, 3.05) is 5.73 Å². The number of anilines is 1. The van der Waals surface area contributed by atoms with E-state index in [9.17, 15) is 0 Å². The summed E-state index contributed by atoms with van der Waals surface area (Å²) in [7, 11) is 2.06. The van der Waals surface area contributed by atoms with E-state index in [1.54, 1.807) is 6.07 Å². The highest BCUT2D eigenvalue weighted by atomic mass is 16.5. The molecular weight excluding hydrogens is 226 g/mol. The summed E-state index contributed by atoms with van der Waals surface area (Å²) >= 11 is 0. The molecule has 0 atom stereocenters. The van der Waals surface area contributed by atoms with E-state index in [0.717, 1.165) is 17.0 Å². The van der Waals surface area contributed by atoms with Crippen LogP contribution in [0.15, 0.2) is 28.8 Å². The van der Waals surface area contributed by atoms with Crippen molar-refractivity contribution in [3.05, 3.63) is 35.5 Å². The minimum Gasteiger partial charge on any atom is -0.368 e. The quantitative estimate of drug-likeness (QED) is 0.712.